The van der Waals surface area contributed by atoms with Gasteiger partial charge in [0.15, 0.2) is 29.1 Å². The van der Waals surface area contributed by atoms with Gasteiger partial charge in [0.2, 0.25) is 5.82 Å². The Kier molecular flexibility index (Phi) is 5.41. The van der Waals surface area contributed by atoms with E-state index in [1.165, 1.54) is 32.4 Å². The number of hydrogen-bond donors (Lipinski definition) is 0. The van der Waals surface area contributed by atoms with E-state index in [9.17, 15) is 26.7 Å². The Balaban J connectivity index is 2.43. The van der Waals surface area contributed by atoms with E-state index < -0.39 is 40.4 Å². The lowest BCUT2D eigenvalue weighted by Crippen LogP contribution is -2.04. The lowest BCUT2D eigenvalue weighted by atomic mass is 10.1. The lowest BCUT2D eigenvalue weighted by Gasteiger charge is -2.08. The Bertz CT molecular complexity index is 833. The van der Waals surface area contributed by atoms with Crippen LogP contribution in [0.1, 0.15) is 15.9 Å². The zero-order valence-electron chi connectivity index (χ0n) is 13.0. The molecule has 0 fully saturated rings. The van der Waals surface area contributed by atoms with Crippen LogP contribution in [0.5, 0.6) is 11.5 Å². The number of benzene rings is 2. The van der Waals surface area contributed by atoms with Gasteiger partial charge in [0.05, 0.1) is 25.3 Å². The Labute approximate surface area is 139 Å². The number of carbonyl (C=O) groups excluding carboxylic acids is 1. The van der Waals surface area contributed by atoms with E-state index in [1.807, 2.05) is 0 Å². The van der Waals surface area contributed by atoms with Crippen LogP contribution in [-0.4, -0.2) is 20.0 Å². The monoisotopic (exact) mass is 358 g/mol. The minimum atomic E-state index is -2.27. The van der Waals surface area contributed by atoms with E-state index in [1.54, 1.807) is 0 Å². The topological polar surface area (TPSA) is 35.5 Å². The molecule has 0 atom stereocenters. The van der Waals surface area contributed by atoms with Crippen molar-refractivity contribution in [2.45, 2.75) is 0 Å². The molecule has 8 heteroatoms. The smallest absolute Gasteiger partial charge is 0.200 e. The SMILES string of the molecule is COc1ccc(C(=O)C=Cc2c(F)c(F)c(F)c(F)c2F)c(OC)c1. The minimum absolute atomic E-state index is 0.0171. The molecule has 0 bridgehead atoms. The molecule has 132 valence electrons. The second-order valence-corrected chi connectivity index (χ2v) is 4.75. The van der Waals surface area contributed by atoms with E-state index >= 15 is 0 Å². The molecule has 0 spiro atoms. The van der Waals surface area contributed by atoms with Crippen molar-refractivity contribution in [3.8, 4) is 11.5 Å². The molecule has 0 unspecified atom stereocenters. The minimum Gasteiger partial charge on any atom is -0.497 e. The molecule has 0 radical (unpaired) electrons. The standard InChI is InChI=1S/C17H11F5O3/c1-24-8-3-4-9(12(7-8)25-2)11(23)6-5-10-13(18)15(20)17(22)16(21)14(10)19/h3-7H,1-2H3. The quantitative estimate of drug-likeness (QED) is 0.263. The average molecular weight is 358 g/mol. The second-order valence-electron chi connectivity index (χ2n) is 4.75. The van der Waals surface area contributed by atoms with Crippen LogP contribution < -0.4 is 9.47 Å². The molecule has 0 aromatic heterocycles. The molecule has 0 saturated heterocycles. The number of ether oxygens (including phenoxy) is 2. The predicted octanol–water partition coefficient (Wildman–Crippen LogP) is 4.30. The van der Waals surface area contributed by atoms with Gasteiger partial charge in [-0.25, -0.2) is 22.0 Å². The van der Waals surface area contributed by atoms with E-state index in [-0.39, 0.29) is 11.3 Å². The van der Waals surface area contributed by atoms with Gasteiger partial charge in [-0.05, 0) is 24.3 Å². The van der Waals surface area contributed by atoms with Gasteiger partial charge in [0, 0.05) is 6.07 Å². The van der Waals surface area contributed by atoms with Crippen molar-refractivity contribution in [1.29, 1.82) is 0 Å². The molecule has 2 aromatic carbocycles. The summed E-state index contributed by atoms with van der Waals surface area (Å²) >= 11 is 0. The molecule has 0 aliphatic heterocycles. The summed E-state index contributed by atoms with van der Waals surface area (Å²) in [6, 6.07) is 4.18. The highest BCUT2D eigenvalue weighted by Gasteiger charge is 2.24. The highest BCUT2D eigenvalue weighted by Crippen LogP contribution is 2.27. The van der Waals surface area contributed by atoms with Crippen LogP contribution in [0.3, 0.4) is 0 Å². The maximum atomic E-state index is 13.6. The average Bonchev–Trinajstić information content (AvgIpc) is 2.63. The maximum Gasteiger partial charge on any atom is 0.200 e. The first-order valence-corrected chi connectivity index (χ1v) is 6.77. The highest BCUT2D eigenvalue weighted by atomic mass is 19.2. The fraction of sp³-hybridized carbons (Fsp3) is 0.118. The molecule has 2 aromatic rings. The van der Waals surface area contributed by atoms with Gasteiger partial charge in [-0.1, -0.05) is 0 Å². The van der Waals surface area contributed by atoms with Gasteiger partial charge >= 0.3 is 0 Å². The molecule has 2 rings (SSSR count). The number of rotatable bonds is 5. The summed E-state index contributed by atoms with van der Waals surface area (Å²) in [5.74, 6) is -10.7. The third-order valence-corrected chi connectivity index (χ3v) is 3.32. The van der Waals surface area contributed by atoms with Crippen LogP contribution >= 0.6 is 0 Å². The summed E-state index contributed by atoms with van der Waals surface area (Å²) in [4.78, 5) is 12.1. The molecule has 0 N–H and O–H groups in total. The van der Waals surface area contributed by atoms with Crippen molar-refractivity contribution < 1.29 is 36.2 Å². The summed E-state index contributed by atoms with van der Waals surface area (Å²) in [6.45, 7) is 0. The van der Waals surface area contributed by atoms with Crippen LogP contribution in [0.2, 0.25) is 0 Å². The summed E-state index contributed by atoms with van der Waals surface area (Å²) in [7, 11) is 2.69. The van der Waals surface area contributed by atoms with Crippen molar-refractivity contribution in [2.24, 2.45) is 0 Å². The van der Waals surface area contributed by atoms with E-state index in [0.29, 0.717) is 17.9 Å². The van der Waals surface area contributed by atoms with E-state index in [2.05, 4.69) is 0 Å². The Morgan fingerprint density at radius 2 is 1.44 bits per heavy atom. The van der Waals surface area contributed by atoms with Crippen LogP contribution in [0, 0.1) is 29.1 Å². The summed E-state index contributed by atoms with van der Waals surface area (Å²) in [6.07, 6.45) is 1.20. The zero-order chi connectivity index (χ0) is 18.7. The molecule has 0 heterocycles. The van der Waals surface area contributed by atoms with Crippen molar-refractivity contribution in [2.75, 3.05) is 14.2 Å². The van der Waals surface area contributed by atoms with Gasteiger partial charge < -0.3 is 9.47 Å². The Hall–Kier alpha value is -2.90. The van der Waals surface area contributed by atoms with Crippen molar-refractivity contribution >= 4 is 11.9 Å². The van der Waals surface area contributed by atoms with E-state index in [4.69, 9.17) is 9.47 Å². The van der Waals surface area contributed by atoms with Gasteiger partial charge in [0.1, 0.15) is 11.5 Å². The third kappa shape index (κ3) is 3.47. The maximum absolute atomic E-state index is 13.6. The molecule has 3 nitrogen and oxygen atoms in total. The largest absolute Gasteiger partial charge is 0.497 e. The lowest BCUT2D eigenvalue weighted by molar-refractivity contribution is 0.104. The number of allylic oxidation sites excluding steroid dienone is 1. The van der Waals surface area contributed by atoms with Gasteiger partial charge in [0.25, 0.3) is 0 Å². The number of methoxy groups -OCH3 is 2. The molecule has 0 aliphatic rings. The fourth-order valence-electron chi connectivity index (χ4n) is 2.02. The van der Waals surface area contributed by atoms with Crippen LogP contribution in [-0.2, 0) is 0 Å². The third-order valence-electron chi connectivity index (χ3n) is 3.32. The zero-order valence-corrected chi connectivity index (χ0v) is 13.0. The van der Waals surface area contributed by atoms with Crippen LogP contribution in [0.15, 0.2) is 24.3 Å². The summed E-state index contributed by atoms with van der Waals surface area (Å²) in [5, 5.41) is 0. The van der Waals surface area contributed by atoms with Gasteiger partial charge in [-0.15, -0.1) is 0 Å². The van der Waals surface area contributed by atoms with Crippen LogP contribution in [0.25, 0.3) is 6.08 Å². The van der Waals surface area contributed by atoms with Crippen molar-refractivity contribution in [3.63, 3.8) is 0 Å². The number of halogens is 5. The summed E-state index contributed by atoms with van der Waals surface area (Å²) in [5.41, 5.74) is -1.19. The van der Waals surface area contributed by atoms with Crippen molar-refractivity contribution in [3.05, 3.63) is 64.5 Å². The highest BCUT2D eigenvalue weighted by molar-refractivity contribution is 6.08. The second kappa shape index (κ2) is 7.33. The Morgan fingerprint density at radius 1 is 0.880 bits per heavy atom. The Morgan fingerprint density at radius 3 is 1.96 bits per heavy atom. The first-order chi connectivity index (χ1) is 11.8. The van der Waals surface area contributed by atoms with Crippen LogP contribution in [0.4, 0.5) is 22.0 Å². The molecule has 25 heavy (non-hydrogen) atoms. The first kappa shape index (κ1) is 18.4. The normalized spacial score (nSPS) is 11.0. The van der Waals surface area contributed by atoms with Gasteiger partial charge in [-0.3, -0.25) is 4.79 Å². The predicted molar refractivity (Wildman–Crippen MR) is 79.1 cm³/mol. The molecule has 0 amide bonds. The summed E-state index contributed by atoms with van der Waals surface area (Å²) < 4.78 is 76.4. The molecular formula is C17H11F5O3. The van der Waals surface area contributed by atoms with Gasteiger partial charge in [-0.2, -0.15) is 0 Å². The van der Waals surface area contributed by atoms with E-state index in [0.717, 1.165) is 0 Å². The number of carbonyl (C=O) groups is 1. The first-order valence-electron chi connectivity index (χ1n) is 6.77. The fourth-order valence-corrected chi connectivity index (χ4v) is 2.02. The molecular weight excluding hydrogens is 347 g/mol. The molecule has 0 aliphatic carbocycles. The number of hydrogen-bond acceptors (Lipinski definition) is 3. The number of ketones is 1. The molecule has 0 saturated carbocycles. The van der Waals surface area contributed by atoms with Crippen molar-refractivity contribution in [1.82, 2.24) is 0 Å².